The molecular formula is C17H15FN4O2S. The molecule has 0 radical (unpaired) electrons. The third kappa shape index (κ3) is 4.42. The van der Waals surface area contributed by atoms with Crippen molar-refractivity contribution in [2.75, 3.05) is 12.9 Å². The number of benzene rings is 2. The zero-order valence-corrected chi connectivity index (χ0v) is 14.2. The minimum atomic E-state index is -0.368. The van der Waals surface area contributed by atoms with Gasteiger partial charge in [0.1, 0.15) is 11.6 Å². The zero-order valence-electron chi connectivity index (χ0n) is 13.4. The van der Waals surface area contributed by atoms with Gasteiger partial charge in [-0.25, -0.2) is 9.07 Å². The first-order valence-electron chi connectivity index (χ1n) is 7.46. The number of ketones is 1. The second-order valence-corrected chi connectivity index (χ2v) is 6.13. The molecule has 1 aromatic heterocycles. The van der Waals surface area contributed by atoms with Crippen LogP contribution in [0.4, 0.5) is 4.39 Å². The maximum absolute atomic E-state index is 12.9. The topological polar surface area (TPSA) is 69.9 Å². The SMILES string of the molecule is COc1ccc(Cn2nnnc2SCC(=O)c2ccc(F)cc2)cc1. The molecule has 0 atom stereocenters. The second kappa shape index (κ2) is 7.89. The number of methoxy groups -OCH3 is 1. The molecule has 25 heavy (non-hydrogen) atoms. The molecule has 0 unspecified atom stereocenters. The Hall–Kier alpha value is -2.74. The van der Waals surface area contributed by atoms with Crippen LogP contribution in [-0.2, 0) is 6.54 Å². The van der Waals surface area contributed by atoms with E-state index in [1.165, 1.54) is 36.0 Å². The molecule has 0 bridgehead atoms. The Morgan fingerprint density at radius 3 is 2.56 bits per heavy atom. The van der Waals surface area contributed by atoms with Crippen LogP contribution >= 0.6 is 11.8 Å². The molecule has 8 heteroatoms. The van der Waals surface area contributed by atoms with Gasteiger partial charge in [0.25, 0.3) is 0 Å². The van der Waals surface area contributed by atoms with Gasteiger partial charge in [0.15, 0.2) is 5.78 Å². The van der Waals surface area contributed by atoms with Crippen molar-refractivity contribution in [3.63, 3.8) is 0 Å². The molecule has 1 heterocycles. The quantitative estimate of drug-likeness (QED) is 0.478. The lowest BCUT2D eigenvalue weighted by atomic mass is 10.1. The van der Waals surface area contributed by atoms with E-state index in [1.54, 1.807) is 11.8 Å². The molecule has 0 saturated heterocycles. The van der Waals surface area contributed by atoms with Crippen molar-refractivity contribution in [2.24, 2.45) is 0 Å². The molecule has 3 rings (SSSR count). The average Bonchev–Trinajstić information content (AvgIpc) is 3.08. The highest BCUT2D eigenvalue weighted by Gasteiger charge is 2.12. The number of Topliss-reactive ketones (excluding diaryl/α,β-unsaturated/α-hetero) is 1. The van der Waals surface area contributed by atoms with Crippen molar-refractivity contribution in [2.45, 2.75) is 11.7 Å². The number of aromatic nitrogens is 4. The number of ether oxygens (including phenoxy) is 1. The Kier molecular flexibility index (Phi) is 5.39. The summed E-state index contributed by atoms with van der Waals surface area (Å²) in [6, 6.07) is 13.1. The molecule has 0 aliphatic rings. The highest BCUT2D eigenvalue weighted by Crippen LogP contribution is 2.18. The van der Waals surface area contributed by atoms with Crippen LogP contribution < -0.4 is 4.74 Å². The van der Waals surface area contributed by atoms with E-state index in [0.29, 0.717) is 17.3 Å². The minimum absolute atomic E-state index is 0.107. The summed E-state index contributed by atoms with van der Waals surface area (Å²) in [7, 11) is 1.61. The number of carbonyl (C=O) groups is 1. The van der Waals surface area contributed by atoms with Crippen LogP contribution in [0, 0.1) is 5.82 Å². The first-order chi connectivity index (χ1) is 12.2. The number of hydrogen-bond acceptors (Lipinski definition) is 6. The summed E-state index contributed by atoms with van der Waals surface area (Å²) in [5.74, 6) is 0.478. The third-order valence-corrected chi connectivity index (χ3v) is 4.45. The van der Waals surface area contributed by atoms with Gasteiger partial charge in [-0.2, -0.15) is 0 Å². The molecule has 2 aromatic carbocycles. The standard InChI is InChI=1S/C17H15FN4O2S/c1-24-15-8-2-12(3-9-15)10-22-17(19-20-21-22)25-11-16(23)13-4-6-14(18)7-5-13/h2-9H,10-11H2,1H3. The van der Waals surface area contributed by atoms with Crippen LogP contribution in [0.1, 0.15) is 15.9 Å². The van der Waals surface area contributed by atoms with E-state index in [-0.39, 0.29) is 17.4 Å². The normalized spacial score (nSPS) is 10.6. The summed E-state index contributed by atoms with van der Waals surface area (Å²) >= 11 is 1.25. The minimum Gasteiger partial charge on any atom is -0.497 e. The van der Waals surface area contributed by atoms with Crippen LogP contribution in [0.5, 0.6) is 5.75 Å². The molecule has 0 amide bonds. The predicted molar refractivity (Wildman–Crippen MR) is 91.4 cm³/mol. The average molecular weight is 358 g/mol. The van der Waals surface area contributed by atoms with E-state index in [1.807, 2.05) is 24.3 Å². The van der Waals surface area contributed by atoms with Crippen LogP contribution in [0.15, 0.2) is 53.7 Å². The van der Waals surface area contributed by atoms with Crippen molar-refractivity contribution in [3.05, 3.63) is 65.5 Å². The molecule has 0 spiro atoms. The van der Waals surface area contributed by atoms with Gasteiger partial charge in [-0.15, -0.1) is 5.10 Å². The summed E-state index contributed by atoms with van der Waals surface area (Å²) in [4.78, 5) is 12.2. The maximum Gasteiger partial charge on any atom is 0.210 e. The highest BCUT2D eigenvalue weighted by atomic mass is 32.2. The number of halogens is 1. The van der Waals surface area contributed by atoms with Crippen molar-refractivity contribution in [1.29, 1.82) is 0 Å². The number of carbonyl (C=O) groups excluding carboxylic acids is 1. The summed E-state index contributed by atoms with van der Waals surface area (Å²) in [6.45, 7) is 0.490. The number of tetrazole rings is 1. The van der Waals surface area contributed by atoms with Crippen LogP contribution in [0.25, 0.3) is 0 Å². The monoisotopic (exact) mass is 358 g/mol. The largest absolute Gasteiger partial charge is 0.497 e. The Balaban J connectivity index is 1.63. The summed E-state index contributed by atoms with van der Waals surface area (Å²) in [5.41, 5.74) is 1.47. The molecule has 0 N–H and O–H groups in total. The van der Waals surface area contributed by atoms with Crippen molar-refractivity contribution in [1.82, 2.24) is 20.2 Å². The Morgan fingerprint density at radius 2 is 1.88 bits per heavy atom. The lowest BCUT2D eigenvalue weighted by molar-refractivity contribution is 0.102. The maximum atomic E-state index is 12.9. The summed E-state index contributed by atoms with van der Waals surface area (Å²) < 4.78 is 19.7. The van der Waals surface area contributed by atoms with E-state index < -0.39 is 0 Å². The Morgan fingerprint density at radius 1 is 1.16 bits per heavy atom. The van der Waals surface area contributed by atoms with Gasteiger partial charge < -0.3 is 4.74 Å². The lowest BCUT2D eigenvalue weighted by Crippen LogP contribution is -2.07. The predicted octanol–water partition coefficient (Wildman–Crippen LogP) is 2.84. The molecule has 0 fully saturated rings. The van der Waals surface area contributed by atoms with Crippen LogP contribution in [0.2, 0.25) is 0 Å². The van der Waals surface area contributed by atoms with Gasteiger partial charge in [-0.3, -0.25) is 4.79 Å². The number of thioether (sulfide) groups is 1. The fraction of sp³-hybridized carbons (Fsp3) is 0.176. The molecule has 6 nitrogen and oxygen atoms in total. The zero-order chi connectivity index (χ0) is 17.6. The third-order valence-electron chi connectivity index (χ3n) is 3.49. The van der Waals surface area contributed by atoms with E-state index in [9.17, 15) is 9.18 Å². The van der Waals surface area contributed by atoms with Gasteiger partial charge in [0, 0.05) is 5.56 Å². The van der Waals surface area contributed by atoms with Crippen molar-refractivity contribution >= 4 is 17.5 Å². The van der Waals surface area contributed by atoms with Gasteiger partial charge >= 0.3 is 0 Å². The molecular weight excluding hydrogens is 343 g/mol. The number of nitrogens with zero attached hydrogens (tertiary/aromatic N) is 4. The van der Waals surface area contributed by atoms with E-state index >= 15 is 0 Å². The van der Waals surface area contributed by atoms with E-state index in [2.05, 4.69) is 15.5 Å². The Bertz CT molecular complexity index is 850. The second-order valence-electron chi connectivity index (χ2n) is 5.19. The fourth-order valence-corrected chi connectivity index (χ4v) is 2.92. The summed E-state index contributed by atoms with van der Waals surface area (Å²) in [5, 5.41) is 12.1. The lowest BCUT2D eigenvalue weighted by Gasteiger charge is -2.06. The van der Waals surface area contributed by atoms with Gasteiger partial charge in [-0.05, 0) is 52.4 Å². The summed E-state index contributed by atoms with van der Waals surface area (Å²) in [6.07, 6.45) is 0. The molecule has 0 aliphatic heterocycles. The van der Waals surface area contributed by atoms with E-state index in [0.717, 1.165) is 11.3 Å². The Labute approximate surface area is 148 Å². The smallest absolute Gasteiger partial charge is 0.210 e. The molecule has 3 aromatic rings. The van der Waals surface area contributed by atoms with E-state index in [4.69, 9.17) is 4.74 Å². The molecule has 0 saturated carbocycles. The first-order valence-corrected chi connectivity index (χ1v) is 8.45. The van der Waals surface area contributed by atoms with Crippen molar-refractivity contribution in [3.8, 4) is 5.75 Å². The molecule has 0 aliphatic carbocycles. The molecule has 128 valence electrons. The van der Waals surface area contributed by atoms with Crippen LogP contribution in [-0.4, -0.2) is 38.9 Å². The highest BCUT2D eigenvalue weighted by molar-refractivity contribution is 7.99. The van der Waals surface area contributed by atoms with Gasteiger partial charge in [0.05, 0.1) is 19.4 Å². The number of hydrogen-bond donors (Lipinski definition) is 0. The van der Waals surface area contributed by atoms with Gasteiger partial charge in [0.2, 0.25) is 5.16 Å². The number of rotatable bonds is 7. The van der Waals surface area contributed by atoms with Crippen LogP contribution in [0.3, 0.4) is 0 Å². The fourth-order valence-electron chi connectivity index (χ4n) is 2.15. The first kappa shape index (κ1) is 17.1. The van der Waals surface area contributed by atoms with Gasteiger partial charge in [-0.1, -0.05) is 23.9 Å². The van der Waals surface area contributed by atoms with Crippen molar-refractivity contribution < 1.29 is 13.9 Å².